The Morgan fingerprint density at radius 2 is 1.87 bits per heavy atom. The van der Waals surface area contributed by atoms with Gasteiger partial charge in [0.25, 0.3) is 5.56 Å². The molecule has 2 N–H and O–H groups in total. The monoisotopic (exact) mass is 440 g/mol. The fourth-order valence-corrected chi connectivity index (χ4v) is 4.46. The Labute approximate surface area is 185 Å². The zero-order chi connectivity index (χ0) is 22.5. The van der Waals surface area contributed by atoms with Crippen LogP contribution in [0.25, 0.3) is 10.9 Å². The first-order chi connectivity index (χ1) is 14.8. The molecule has 164 valence electrons. The minimum atomic E-state index is -0.314. The van der Waals surface area contributed by atoms with Crippen LogP contribution in [0, 0.1) is 13.8 Å². The molecule has 2 heterocycles. The number of carbonyl (C=O) groups is 2. The van der Waals surface area contributed by atoms with E-state index in [0.717, 1.165) is 24.2 Å². The highest BCUT2D eigenvalue weighted by atomic mass is 32.2. The van der Waals surface area contributed by atoms with E-state index in [1.807, 2.05) is 49.7 Å². The normalized spacial score (nSPS) is 11.2. The summed E-state index contributed by atoms with van der Waals surface area (Å²) in [6, 6.07) is 9.14. The van der Waals surface area contributed by atoms with Crippen LogP contribution >= 0.6 is 11.8 Å². The summed E-state index contributed by atoms with van der Waals surface area (Å²) in [5.74, 6) is -0.0936. The van der Waals surface area contributed by atoms with Gasteiger partial charge in [0.05, 0.1) is 16.7 Å². The van der Waals surface area contributed by atoms with E-state index in [-0.39, 0.29) is 23.0 Å². The third-order valence-electron chi connectivity index (χ3n) is 5.54. The van der Waals surface area contributed by atoms with E-state index in [9.17, 15) is 14.4 Å². The molecule has 2 aromatic heterocycles. The maximum atomic E-state index is 13.1. The minimum absolute atomic E-state index is 0.0154. The minimum Gasteiger partial charge on any atom is -0.370 e. The number of hydrogen-bond donors (Lipinski definition) is 1. The summed E-state index contributed by atoms with van der Waals surface area (Å²) in [6.45, 7) is 4.38. The molecule has 8 heteroatoms. The number of fused-ring (bicyclic) bond motifs is 1. The summed E-state index contributed by atoms with van der Waals surface area (Å²) in [4.78, 5) is 41.5. The molecule has 0 aliphatic carbocycles. The Morgan fingerprint density at radius 1 is 1.13 bits per heavy atom. The molecular weight excluding hydrogens is 412 g/mol. The number of thioether (sulfide) groups is 1. The van der Waals surface area contributed by atoms with Crippen LogP contribution in [0.4, 0.5) is 0 Å². The molecule has 0 bridgehead atoms. The number of aromatic nitrogens is 3. The average molecular weight is 441 g/mol. The molecule has 0 saturated heterocycles. The first-order valence-corrected chi connectivity index (χ1v) is 11.3. The third kappa shape index (κ3) is 5.25. The number of aryl methyl sites for hydroxylation is 1. The predicted molar refractivity (Wildman–Crippen MR) is 124 cm³/mol. The van der Waals surface area contributed by atoms with Gasteiger partial charge in [-0.05, 0) is 44.9 Å². The molecule has 0 radical (unpaired) electrons. The van der Waals surface area contributed by atoms with Gasteiger partial charge in [-0.25, -0.2) is 4.98 Å². The van der Waals surface area contributed by atoms with Gasteiger partial charge < -0.3 is 10.3 Å². The molecule has 0 unspecified atom stereocenters. The van der Waals surface area contributed by atoms with Gasteiger partial charge in [-0.1, -0.05) is 30.3 Å². The number of carbonyl (C=O) groups excluding carboxylic acids is 2. The molecule has 0 aliphatic heterocycles. The highest BCUT2D eigenvalue weighted by Gasteiger charge is 2.17. The van der Waals surface area contributed by atoms with Crippen molar-refractivity contribution in [1.82, 2.24) is 14.1 Å². The largest absolute Gasteiger partial charge is 0.370 e. The average Bonchev–Trinajstić information content (AvgIpc) is 3.00. The van der Waals surface area contributed by atoms with Crippen molar-refractivity contribution in [2.75, 3.05) is 5.75 Å². The fourth-order valence-electron chi connectivity index (χ4n) is 3.55. The smallest absolute Gasteiger partial charge is 0.262 e. The summed E-state index contributed by atoms with van der Waals surface area (Å²) in [5.41, 5.74) is 8.37. The summed E-state index contributed by atoms with van der Waals surface area (Å²) in [5, 5.41) is 1.10. The quantitative estimate of drug-likeness (QED) is 0.225. The second kappa shape index (κ2) is 9.96. The van der Waals surface area contributed by atoms with Crippen LogP contribution in [-0.2, 0) is 18.4 Å². The SMILES string of the molecule is Cc1cc(C(=O)CSc2nc3ccccc3c(=O)n2CCCCCC(N)=O)c(C)n1C. The number of nitrogens with zero attached hydrogens (tertiary/aromatic N) is 3. The van der Waals surface area contributed by atoms with Crippen LogP contribution < -0.4 is 11.3 Å². The molecule has 3 rings (SSSR count). The zero-order valence-corrected chi connectivity index (χ0v) is 19.0. The second-order valence-electron chi connectivity index (χ2n) is 7.70. The lowest BCUT2D eigenvalue weighted by molar-refractivity contribution is -0.118. The number of para-hydroxylation sites is 1. The van der Waals surface area contributed by atoms with Crippen LogP contribution in [0.1, 0.15) is 47.4 Å². The number of amides is 1. The van der Waals surface area contributed by atoms with Gasteiger partial charge >= 0.3 is 0 Å². The number of nitrogens with two attached hydrogens (primary N) is 1. The lowest BCUT2D eigenvalue weighted by atomic mass is 10.2. The van der Waals surface area contributed by atoms with Crippen molar-refractivity contribution in [2.24, 2.45) is 12.8 Å². The maximum absolute atomic E-state index is 13.1. The number of unbranched alkanes of at least 4 members (excludes halogenated alkanes) is 2. The lowest BCUT2D eigenvalue weighted by Crippen LogP contribution is -2.24. The maximum Gasteiger partial charge on any atom is 0.262 e. The Morgan fingerprint density at radius 3 is 2.55 bits per heavy atom. The molecule has 0 spiro atoms. The second-order valence-corrected chi connectivity index (χ2v) is 8.64. The van der Waals surface area contributed by atoms with E-state index >= 15 is 0 Å². The Hall–Kier alpha value is -2.87. The van der Waals surface area contributed by atoms with Gasteiger partial charge in [-0.3, -0.25) is 19.0 Å². The van der Waals surface area contributed by atoms with Crippen LogP contribution in [0.5, 0.6) is 0 Å². The van der Waals surface area contributed by atoms with Crippen molar-refractivity contribution in [3.63, 3.8) is 0 Å². The Balaban J connectivity index is 1.82. The topological polar surface area (TPSA) is 100.0 Å². The number of benzene rings is 1. The van der Waals surface area contributed by atoms with Gasteiger partial charge in [-0.15, -0.1) is 0 Å². The number of rotatable bonds is 10. The fraction of sp³-hybridized carbons (Fsp3) is 0.391. The molecule has 0 saturated carbocycles. The van der Waals surface area contributed by atoms with E-state index < -0.39 is 0 Å². The van der Waals surface area contributed by atoms with Gasteiger partial charge in [0.2, 0.25) is 5.91 Å². The van der Waals surface area contributed by atoms with Crippen molar-refractivity contribution < 1.29 is 9.59 Å². The van der Waals surface area contributed by atoms with E-state index in [1.54, 1.807) is 10.6 Å². The number of primary amides is 1. The molecular formula is C23H28N4O3S. The number of hydrogen-bond acceptors (Lipinski definition) is 5. The Bertz CT molecular complexity index is 1180. The number of Topliss-reactive ketones (excluding diaryl/α,β-unsaturated/α-hetero) is 1. The van der Waals surface area contributed by atoms with Gasteiger partial charge in [0.1, 0.15) is 0 Å². The molecule has 0 aliphatic rings. The van der Waals surface area contributed by atoms with Gasteiger partial charge in [0, 0.05) is 37.0 Å². The summed E-state index contributed by atoms with van der Waals surface area (Å²) in [7, 11) is 1.94. The molecule has 3 aromatic rings. The van der Waals surface area contributed by atoms with Crippen LogP contribution in [0.2, 0.25) is 0 Å². The molecule has 31 heavy (non-hydrogen) atoms. The van der Waals surface area contributed by atoms with Crippen molar-refractivity contribution in [3.8, 4) is 0 Å². The van der Waals surface area contributed by atoms with E-state index in [4.69, 9.17) is 5.73 Å². The molecule has 0 atom stereocenters. The first kappa shape index (κ1) is 22.8. The molecule has 7 nitrogen and oxygen atoms in total. The van der Waals surface area contributed by atoms with Crippen LogP contribution in [0.15, 0.2) is 40.3 Å². The molecule has 0 fully saturated rings. The summed E-state index contributed by atoms with van der Waals surface area (Å²) >= 11 is 1.29. The van der Waals surface area contributed by atoms with E-state index in [1.165, 1.54) is 11.8 Å². The van der Waals surface area contributed by atoms with E-state index in [2.05, 4.69) is 4.98 Å². The highest BCUT2D eigenvalue weighted by molar-refractivity contribution is 7.99. The highest BCUT2D eigenvalue weighted by Crippen LogP contribution is 2.22. The van der Waals surface area contributed by atoms with E-state index in [0.29, 0.717) is 41.0 Å². The van der Waals surface area contributed by atoms with Crippen molar-refractivity contribution >= 4 is 34.4 Å². The van der Waals surface area contributed by atoms with Crippen molar-refractivity contribution in [3.05, 3.63) is 57.6 Å². The molecule has 1 amide bonds. The lowest BCUT2D eigenvalue weighted by Gasteiger charge is -2.13. The number of ketones is 1. The van der Waals surface area contributed by atoms with Gasteiger partial charge in [0.15, 0.2) is 10.9 Å². The third-order valence-corrected chi connectivity index (χ3v) is 6.52. The van der Waals surface area contributed by atoms with Crippen molar-refractivity contribution in [2.45, 2.75) is 51.2 Å². The first-order valence-electron chi connectivity index (χ1n) is 10.4. The molecule has 1 aromatic carbocycles. The van der Waals surface area contributed by atoms with Crippen LogP contribution in [0.3, 0.4) is 0 Å². The summed E-state index contributed by atoms with van der Waals surface area (Å²) in [6.07, 6.45) is 2.55. The predicted octanol–water partition coefficient (Wildman–Crippen LogP) is 3.37. The van der Waals surface area contributed by atoms with Gasteiger partial charge in [-0.2, -0.15) is 0 Å². The Kier molecular flexibility index (Phi) is 7.33. The summed E-state index contributed by atoms with van der Waals surface area (Å²) < 4.78 is 3.64. The van der Waals surface area contributed by atoms with Crippen molar-refractivity contribution in [1.29, 1.82) is 0 Å². The standard InChI is InChI=1S/C23H28N4O3S/c1-15-13-18(16(2)26(15)3)20(28)14-31-23-25-19-10-7-6-9-17(19)22(30)27(23)12-8-4-5-11-21(24)29/h6-7,9-10,13H,4-5,8,11-12,14H2,1-3H3,(H2,24,29). The zero-order valence-electron chi connectivity index (χ0n) is 18.2. The van der Waals surface area contributed by atoms with Crippen LogP contribution in [-0.4, -0.2) is 31.6 Å².